The molecule has 0 aliphatic carbocycles. The summed E-state index contributed by atoms with van der Waals surface area (Å²) in [6.07, 6.45) is -4.00. The van der Waals surface area contributed by atoms with E-state index in [0.717, 1.165) is 12.1 Å². The number of nitro benzene ring substituents is 2. The first-order valence-electron chi connectivity index (χ1n) is 9.22. The quantitative estimate of drug-likeness (QED) is 0.547. The van der Waals surface area contributed by atoms with Gasteiger partial charge in [0.15, 0.2) is 0 Å². The summed E-state index contributed by atoms with van der Waals surface area (Å²) in [6, 6.07) is 7.76. The number of nitro groups is 2. The second-order valence-corrected chi connectivity index (χ2v) is 7.01. The van der Waals surface area contributed by atoms with Gasteiger partial charge in [0, 0.05) is 42.9 Å². The maximum absolute atomic E-state index is 12.9. The summed E-state index contributed by atoms with van der Waals surface area (Å²) in [5.41, 5.74) is -1.36. The van der Waals surface area contributed by atoms with E-state index in [-0.39, 0.29) is 30.4 Å². The van der Waals surface area contributed by atoms with Crippen LogP contribution in [0.5, 0.6) is 0 Å². The first-order valence-corrected chi connectivity index (χ1v) is 9.22. The minimum absolute atomic E-state index is 0.0761. The number of piperidine rings is 1. The highest BCUT2D eigenvalue weighted by Gasteiger charge is 2.35. The molecule has 0 saturated carbocycles. The number of anilines is 2. The Balaban J connectivity index is 1.65. The third kappa shape index (κ3) is 5.08. The van der Waals surface area contributed by atoms with Crippen LogP contribution < -0.4 is 10.2 Å². The summed E-state index contributed by atoms with van der Waals surface area (Å²) < 4.78 is 38.6. The van der Waals surface area contributed by atoms with Crippen molar-refractivity contribution < 1.29 is 27.8 Å². The Morgan fingerprint density at radius 2 is 1.61 bits per heavy atom. The van der Waals surface area contributed by atoms with Gasteiger partial charge < -0.3 is 10.2 Å². The van der Waals surface area contributed by atoms with Crippen molar-refractivity contribution in [3.8, 4) is 0 Å². The van der Waals surface area contributed by atoms with E-state index in [4.69, 9.17) is 0 Å². The predicted octanol–water partition coefficient (Wildman–Crippen LogP) is 4.38. The fraction of sp³-hybridized carbons (Fsp3) is 0.316. The van der Waals surface area contributed by atoms with Crippen LogP contribution in [0.25, 0.3) is 0 Å². The summed E-state index contributed by atoms with van der Waals surface area (Å²) in [7, 11) is 0. The zero-order valence-electron chi connectivity index (χ0n) is 16.0. The number of hydrogen-bond acceptors (Lipinski definition) is 6. The monoisotopic (exact) mass is 438 g/mol. The van der Waals surface area contributed by atoms with E-state index in [2.05, 4.69) is 5.32 Å². The SMILES string of the molecule is O=C(Nc1ccc([N+](=O)[O-])cc1)C1CCN(c2ccc(C(F)(F)F)cc2[N+](=O)[O-])CC1. The van der Waals surface area contributed by atoms with Crippen molar-refractivity contribution in [3.05, 3.63) is 68.3 Å². The number of amides is 1. The highest BCUT2D eigenvalue weighted by Crippen LogP contribution is 2.37. The molecule has 1 saturated heterocycles. The van der Waals surface area contributed by atoms with Gasteiger partial charge in [-0.3, -0.25) is 25.0 Å². The van der Waals surface area contributed by atoms with Crippen molar-refractivity contribution in [2.45, 2.75) is 19.0 Å². The molecule has 1 fully saturated rings. The lowest BCUT2D eigenvalue weighted by atomic mass is 9.95. The van der Waals surface area contributed by atoms with Crippen LogP contribution in [-0.4, -0.2) is 28.8 Å². The molecule has 1 heterocycles. The molecule has 0 aromatic heterocycles. The van der Waals surface area contributed by atoms with E-state index in [0.29, 0.717) is 24.6 Å². The molecule has 2 aromatic rings. The maximum Gasteiger partial charge on any atom is 0.416 e. The first-order chi connectivity index (χ1) is 14.6. The van der Waals surface area contributed by atoms with Gasteiger partial charge in [-0.15, -0.1) is 0 Å². The molecule has 0 unspecified atom stereocenters. The van der Waals surface area contributed by atoms with Crippen LogP contribution in [0.15, 0.2) is 42.5 Å². The largest absolute Gasteiger partial charge is 0.416 e. The zero-order chi connectivity index (χ0) is 22.8. The van der Waals surface area contributed by atoms with Crippen molar-refractivity contribution in [3.63, 3.8) is 0 Å². The van der Waals surface area contributed by atoms with Crippen LogP contribution in [0, 0.1) is 26.1 Å². The van der Waals surface area contributed by atoms with Crippen LogP contribution in [0.3, 0.4) is 0 Å². The first kappa shape index (κ1) is 22.0. The average Bonchev–Trinajstić information content (AvgIpc) is 2.73. The van der Waals surface area contributed by atoms with E-state index in [9.17, 15) is 38.2 Å². The van der Waals surface area contributed by atoms with Crippen LogP contribution in [0.1, 0.15) is 18.4 Å². The van der Waals surface area contributed by atoms with Crippen molar-refractivity contribution in [2.75, 3.05) is 23.3 Å². The minimum atomic E-state index is -4.69. The van der Waals surface area contributed by atoms with Gasteiger partial charge in [0.25, 0.3) is 11.4 Å². The number of rotatable bonds is 5. The third-order valence-electron chi connectivity index (χ3n) is 5.05. The Labute approximate surface area is 173 Å². The second kappa shape index (κ2) is 8.58. The van der Waals surface area contributed by atoms with Gasteiger partial charge in [-0.2, -0.15) is 13.2 Å². The Morgan fingerprint density at radius 3 is 2.13 bits per heavy atom. The molecule has 1 N–H and O–H groups in total. The Hall–Kier alpha value is -3.70. The molecular weight excluding hydrogens is 421 g/mol. The molecule has 3 rings (SSSR count). The normalized spacial score (nSPS) is 14.9. The molecule has 1 amide bonds. The number of halogens is 3. The number of alkyl halides is 3. The summed E-state index contributed by atoms with van der Waals surface area (Å²) >= 11 is 0. The predicted molar refractivity (Wildman–Crippen MR) is 105 cm³/mol. The highest BCUT2D eigenvalue weighted by molar-refractivity contribution is 5.92. The lowest BCUT2D eigenvalue weighted by molar-refractivity contribution is -0.384. The fourth-order valence-corrected chi connectivity index (χ4v) is 3.41. The zero-order valence-corrected chi connectivity index (χ0v) is 16.0. The van der Waals surface area contributed by atoms with Crippen LogP contribution >= 0.6 is 0 Å². The van der Waals surface area contributed by atoms with Gasteiger partial charge in [-0.25, -0.2) is 0 Å². The van der Waals surface area contributed by atoms with Crippen molar-refractivity contribution in [1.82, 2.24) is 0 Å². The number of benzene rings is 2. The van der Waals surface area contributed by atoms with E-state index < -0.39 is 33.2 Å². The fourth-order valence-electron chi connectivity index (χ4n) is 3.41. The van der Waals surface area contributed by atoms with Gasteiger partial charge in [0.05, 0.1) is 15.4 Å². The number of nitrogens with one attached hydrogen (secondary N) is 1. The van der Waals surface area contributed by atoms with Crippen molar-refractivity contribution in [1.29, 1.82) is 0 Å². The summed E-state index contributed by atoms with van der Waals surface area (Å²) in [5.74, 6) is -0.699. The van der Waals surface area contributed by atoms with Gasteiger partial charge in [-0.1, -0.05) is 0 Å². The Bertz CT molecular complexity index is 1000. The number of nitrogens with zero attached hydrogens (tertiary/aromatic N) is 3. The molecule has 0 bridgehead atoms. The molecule has 1 aliphatic rings. The maximum atomic E-state index is 12.9. The van der Waals surface area contributed by atoms with Gasteiger partial charge >= 0.3 is 6.18 Å². The molecule has 0 spiro atoms. The van der Waals surface area contributed by atoms with Crippen molar-refractivity contribution >= 4 is 28.7 Å². The van der Waals surface area contributed by atoms with Gasteiger partial charge in [0.2, 0.25) is 5.91 Å². The molecule has 1 aliphatic heterocycles. The minimum Gasteiger partial charge on any atom is -0.366 e. The van der Waals surface area contributed by atoms with Crippen LogP contribution in [0.4, 0.5) is 35.9 Å². The van der Waals surface area contributed by atoms with Crippen molar-refractivity contribution in [2.24, 2.45) is 5.92 Å². The van der Waals surface area contributed by atoms with Gasteiger partial charge in [0.1, 0.15) is 5.69 Å². The van der Waals surface area contributed by atoms with E-state index in [1.807, 2.05) is 0 Å². The Morgan fingerprint density at radius 1 is 1.00 bits per heavy atom. The average molecular weight is 438 g/mol. The standard InChI is InChI=1S/C19H17F3N4O5/c20-19(21,22)13-1-6-16(17(11-13)26(30)31)24-9-7-12(8-10-24)18(27)23-14-2-4-15(5-3-14)25(28)29/h1-6,11-12H,7-10H2,(H,23,27). The summed E-state index contributed by atoms with van der Waals surface area (Å²) in [4.78, 5) is 34.6. The lowest BCUT2D eigenvalue weighted by Gasteiger charge is -2.32. The molecule has 164 valence electrons. The Kier molecular flexibility index (Phi) is 6.09. The molecule has 2 aromatic carbocycles. The van der Waals surface area contributed by atoms with E-state index in [1.165, 1.54) is 24.3 Å². The summed E-state index contributed by atoms with van der Waals surface area (Å²) in [6.45, 7) is 0.509. The number of hydrogen-bond donors (Lipinski definition) is 1. The van der Waals surface area contributed by atoms with E-state index >= 15 is 0 Å². The van der Waals surface area contributed by atoms with Gasteiger partial charge in [-0.05, 0) is 37.1 Å². The lowest BCUT2D eigenvalue weighted by Crippen LogP contribution is -2.38. The summed E-state index contributed by atoms with van der Waals surface area (Å²) in [5, 5.41) is 24.6. The van der Waals surface area contributed by atoms with Crippen LogP contribution in [-0.2, 0) is 11.0 Å². The molecule has 12 heteroatoms. The topological polar surface area (TPSA) is 119 Å². The smallest absolute Gasteiger partial charge is 0.366 e. The number of non-ortho nitro benzene ring substituents is 1. The molecule has 9 nitrogen and oxygen atoms in total. The number of carbonyl (C=O) groups excluding carboxylic acids is 1. The molecule has 0 atom stereocenters. The van der Waals surface area contributed by atoms with E-state index in [1.54, 1.807) is 4.90 Å². The number of carbonyl (C=O) groups is 1. The molecule has 0 radical (unpaired) electrons. The third-order valence-corrected chi connectivity index (χ3v) is 5.05. The van der Waals surface area contributed by atoms with Crippen LogP contribution in [0.2, 0.25) is 0 Å². The molecule has 31 heavy (non-hydrogen) atoms. The highest BCUT2D eigenvalue weighted by atomic mass is 19.4. The molecular formula is C19H17F3N4O5. The second-order valence-electron chi connectivity index (χ2n) is 7.01.